The van der Waals surface area contributed by atoms with E-state index in [0.717, 1.165) is 16.9 Å². The van der Waals surface area contributed by atoms with Crippen LogP contribution < -0.4 is 9.64 Å². The normalized spacial score (nSPS) is 12.1. The Bertz CT molecular complexity index is 1080. The summed E-state index contributed by atoms with van der Waals surface area (Å²) in [5.41, 5.74) is 0.567. The van der Waals surface area contributed by atoms with E-state index in [1.807, 2.05) is 0 Å². The number of halogens is 2. The number of hydrogen-bond acceptors (Lipinski definition) is 8. The van der Waals surface area contributed by atoms with Crippen LogP contribution in [0, 0.1) is 17.6 Å². The molecular formula is C20H23F2N5O4. The molecule has 9 nitrogen and oxygen atoms in total. The first kappa shape index (κ1) is 22.3. The minimum Gasteiger partial charge on any atom is -0.481 e. The number of aliphatic hydroxyl groups is 1. The van der Waals surface area contributed by atoms with Crippen LogP contribution in [-0.2, 0) is 11.3 Å². The number of rotatable bonds is 9. The zero-order chi connectivity index (χ0) is 22.5. The molecule has 166 valence electrons. The van der Waals surface area contributed by atoms with Crippen molar-refractivity contribution in [1.82, 2.24) is 19.6 Å². The highest BCUT2D eigenvalue weighted by Crippen LogP contribution is 2.25. The molecule has 0 aromatic carbocycles. The third-order valence-electron chi connectivity index (χ3n) is 4.52. The van der Waals surface area contributed by atoms with E-state index in [4.69, 9.17) is 9.47 Å². The second kappa shape index (κ2) is 9.65. The molecule has 0 saturated heterocycles. The third-order valence-corrected chi connectivity index (χ3v) is 4.52. The molecule has 0 unspecified atom stereocenters. The van der Waals surface area contributed by atoms with Crippen LogP contribution in [-0.4, -0.2) is 57.5 Å². The average molecular weight is 435 g/mol. The van der Waals surface area contributed by atoms with E-state index in [2.05, 4.69) is 15.1 Å². The Morgan fingerprint density at radius 2 is 2.13 bits per heavy atom. The molecule has 0 saturated carbocycles. The van der Waals surface area contributed by atoms with Gasteiger partial charge in [0.2, 0.25) is 5.88 Å². The second-order valence-electron chi connectivity index (χ2n) is 6.95. The van der Waals surface area contributed by atoms with Crippen LogP contribution in [0.5, 0.6) is 5.88 Å². The highest BCUT2D eigenvalue weighted by molar-refractivity contribution is 5.95. The van der Waals surface area contributed by atoms with Crippen molar-refractivity contribution in [2.45, 2.75) is 20.4 Å². The van der Waals surface area contributed by atoms with Gasteiger partial charge in [0.05, 0.1) is 32.3 Å². The molecule has 31 heavy (non-hydrogen) atoms. The van der Waals surface area contributed by atoms with Gasteiger partial charge in [0.25, 0.3) is 0 Å². The molecule has 0 bridgehead atoms. The zero-order valence-corrected chi connectivity index (χ0v) is 17.4. The lowest BCUT2D eigenvalue weighted by atomic mass is 10.1. The molecule has 0 aliphatic carbocycles. The molecule has 0 spiro atoms. The van der Waals surface area contributed by atoms with Gasteiger partial charge in [-0.15, -0.1) is 0 Å². The van der Waals surface area contributed by atoms with Gasteiger partial charge in [0.1, 0.15) is 11.4 Å². The van der Waals surface area contributed by atoms with Gasteiger partial charge in [-0.25, -0.2) is 28.1 Å². The van der Waals surface area contributed by atoms with Crippen LogP contribution in [0.3, 0.4) is 0 Å². The van der Waals surface area contributed by atoms with Crippen LogP contribution in [0.4, 0.5) is 14.6 Å². The minimum absolute atomic E-state index is 0.00123. The fourth-order valence-corrected chi connectivity index (χ4v) is 3.09. The molecule has 0 radical (unpaired) electrons. The van der Waals surface area contributed by atoms with E-state index < -0.39 is 17.6 Å². The van der Waals surface area contributed by atoms with Gasteiger partial charge in [-0.1, -0.05) is 6.92 Å². The van der Waals surface area contributed by atoms with E-state index in [9.17, 15) is 18.7 Å². The Morgan fingerprint density at radius 1 is 1.35 bits per heavy atom. The highest BCUT2D eigenvalue weighted by atomic mass is 19.1. The summed E-state index contributed by atoms with van der Waals surface area (Å²) in [7, 11) is 1.40. The Kier molecular flexibility index (Phi) is 6.95. The summed E-state index contributed by atoms with van der Waals surface area (Å²) in [5.74, 6) is -2.07. The number of anilines is 1. The Labute approximate surface area is 177 Å². The van der Waals surface area contributed by atoms with Crippen molar-refractivity contribution < 1.29 is 28.2 Å². The summed E-state index contributed by atoms with van der Waals surface area (Å²) >= 11 is 0. The monoisotopic (exact) mass is 435 g/mol. The molecular weight excluding hydrogens is 412 g/mol. The summed E-state index contributed by atoms with van der Waals surface area (Å²) < 4.78 is 40.1. The molecule has 3 rings (SSSR count). The molecule has 0 aliphatic rings. The third kappa shape index (κ3) is 4.88. The predicted octanol–water partition coefficient (Wildman–Crippen LogP) is 2.22. The molecule has 3 heterocycles. The number of aromatic nitrogens is 4. The number of methoxy groups -OCH3 is 1. The van der Waals surface area contributed by atoms with E-state index in [1.165, 1.54) is 24.3 Å². The van der Waals surface area contributed by atoms with Gasteiger partial charge in [0.15, 0.2) is 17.3 Å². The lowest BCUT2D eigenvalue weighted by Crippen LogP contribution is -2.31. The first-order chi connectivity index (χ1) is 14.9. The molecule has 0 amide bonds. The van der Waals surface area contributed by atoms with E-state index >= 15 is 0 Å². The number of esters is 1. The average Bonchev–Trinajstić information content (AvgIpc) is 3.15. The van der Waals surface area contributed by atoms with Gasteiger partial charge in [-0.05, 0) is 18.9 Å². The smallest absolute Gasteiger partial charge is 0.343 e. The SMILES string of the molecule is CCOC(=O)c1cnn2cc(F)c(N(Cc3cc(F)cnc3OC)C[C@H](C)CO)nc12. The van der Waals surface area contributed by atoms with Crippen LogP contribution in [0.25, 0.3) is 5.65 Å². The quantitative estimate of drug-likeness (QED) is 0.511. The van der Waals surface area contributed by atoms with Crippen LogP contribution in [0.15, 0.2) is 24.7 Å². The fourth-order valence-electron chi connectivity index (χ4n) is 3.09. The molecule has 0 aliphatic heterocycles. The van der Waals surface area contributed by atoms with E-state index in [1.54, 1.807) is 13.8 Å². The van der Waals surface area contributed by atoms with Crippen LogP contribution in [0.1, 0.15) is 29.8 Å². The van der Waals surface area contributed by atoms with Crippen LogP contribution >= 0.6 is 0 Å². The number of nitrogens with zero attached hydrogens (tertiary/aromatic N) is 5. The van der Waals surface area contributed by atoms with Crippen molar-refractivity contribution in [2.75, 3.05) is 31.8 Å². The number of ether oxygens (including phenoxy) is 2. The second-order valence-corrected chi connectivity index (χ2v) is 6.95. The lowest BCUT2D eigenvalue weighted by Gasteiger charge is -2.27. The maximum Gasteiger partial charge on any atom is 0.343 e. The maximum atomic E-state index is 15.0. The molecule has 1 atom stereocenters. The van der Waals surface area contributed by atoms with Crippen molar-refractivity contribution in [2.24, 2.45) is 5.92 Å². The van der Waals surface area contributed by atoms with E-state index in [-0.39, 0.29) is 55.1 Å². The van der Waals surface area contributed by atoms with Gasteiger partial charge in [0, 0.05) is 25.3 Å². The van der Waals surface area contributed by atoms with Gasteiger partial charge >= 0.3 is 5.97 Å². The summed E-state index contributed by atoms with van der Waals surface area (Å²) in [4.78, 5) is 21.9. The fraction of sp³-hybridized carbons (Fsp3) is 0.400. The molecule has 1 N–H and O–H groups in total. The number of aliphatic hydroxyl groups excluding tert-OH is 1. The Balaban J connectivity index is 2.08. The zero-order valence-electron chi connectivity index (χ0n) is 17.4. The summed E-state index contributed by atoms with van der Waals surface area (Å²) in [6, 6.07) is 1.24. The van der Waals surface area contributed by atoms with E-state index in [0.29, 0.717) is 5.56 Å². The molecule has 3 aromatic heterocycles. The molecule has 0 fully saturated rings. The first-order valence-corrected chi connectivity index (χ1v) is 9.63. The topological polar surface area (TPSA) is 102 Å². The summed E-state index contributed by atoms with van der Waals surface area (Å²) in [5, 5.41) is 13.5. The van der Waals surface area contributed by atoms with Crippen molar-refractivity contribution >= 4 is 17.4 Å². The molecule has 11 heteroatoms. The van der Waals surface area contributed by atoms with Gasteiger partial charge in [-0.3, -0.25) is 0 Å². The standard InChI is InChI=1S/C20H23F2N5O4/c1-4-31-20(29)15-7-24-27-10-16(22)18(25-17(15)27)26(8-12(2)11-28)9-13-5-14(21)6-23-19(13)30-3/h5-7,10,12,28H,4,8-9,11H2,1-3H3/t12-/m0/s1. The van der Waals surface area contributed by atoms with Crippen molar-refractivity contribution in [1.29, 1.82) is 0 Å². The van der Waals surface area contributed by atoms with Crippen molar-refractivity contribution in [3.05, 3.63) is 47.4 Å². The summed E-state index contributed by atoms with van der Waals surface area (Å²) in [6.07, 6.45) is 3.37. The number of pyridine rings is 1. The Hall–Kier alpha value is -3.34. The number of carbonyl (C=O) groups is 1. The number of fused-ring (bicyclic) bond motifs is 1. The van der Waals surface area contributed by atoms with Crippen molar-refractivity contribution in [3.63, 3.8) is 0 Å². The van der Waals surface area contributed by atoms with Crippen molar-refractivity contribution in [3.8, 4) is 5.88 Å². The molecule has 3 aromatic rings. The van der Waals surface area contributed by atoms with Gasteiger partial charge < -0.3 is 19.5 Å². The highest BCUT2D eigenvalue weighted by Gasteiger charge is 2.23. The first-order valence-electron chi connectivity index (χ1n) is 9.63. The number of hydrogen-bond donors (Lipinski definition) is 1. The van der Waals surface area contributed by atoms with Crippen LogP contribution in [0.2, 0.25) is 0 Å². The minimum atomic E-state index is -0.709. The number of carbonyl (C=O) groups excluding carboxylic acids is 1. The largest absolute Gasteiger partial charge is 0.481 e. The Morgan fingerprint density at radius 3 is 2.81 bits per heavy atom. The maximum absolute atomic E-state index is 15.0. The summed E-state index contributed by atoms with van der Waals surface area (Å²) in [6.45, 7) is 3.64. The van der Waals surface area contributed by atoms with Gasteiger partial charge in [-0.2, -0.15) is 5.10 Å². The predicted molar refractivity (Wildman–Crippen MR) is 107 cm³/mol. The lowest BCUT2D eigenvalue weighted by molar-refractivity contribution is 0.0528.